The first-order chi connectivity index (χ1) is 26.2. The maximum absolute atomic E-state index is 13.6. The first kappa shape index (κ1) is 38.6. The lowest BCUT2D eigenvalue weighted by atomic mass is 10.2. The molecule has 2 aromatic heterocycles. The molecule has 0 bridgehead atoms. The summed E-state index contributed by atoms with van der Waals surface area (Å²) in [5, 5.41) is 27.1. The number of anilines is 4. The van der Waals surface area contributed by atoms with Gasteiger partial charge in [-0.1, -0.05) is 35.3 Å². The fourth-order valence-corrected chi connectivity index (χ4v) is 7.02. The number of hydrogen-bond donors (Lipinski definition) is 6. The van der Waals surface area contributed by atoms with E-state index in [9.17, 15) is 19.8 Å². The van der Waals surface area contributed by atoms with Gasteiger partial charge >= 0.3 is 0 Å². The normalized spacial score (nSPS) is 16.6. The van der Waals surface area contributed by atoms with E-state index in [4.69, 9.17) is 32.7 Å². The average molecular weight is 782 g/mol. The molecule has 2 fully saturated rings. The van der Waals surface area contributed by atoms with E-state index in [0.29, 0.717) is 46.5 Å². The Morgan fingerprint density at radius 2 is 1.17 bits per heavy atom. The highest BCUT2D eigenvalue weighted by atomic mass is 35.5. The molecule has 18 heteroatoms. The number of hydrogen-bond acceptors (Lipinski definition) is 14. The van der Waals surface area contributed by atoms with Gasteiger partial charge in [0.1, 0.15) is 34.3 Å². The van der Waals surface area contributed by atoms with Crippen molar-refractivity contribution in [1.82, 2.24) is 30.8 Å². The monoisotopic (exact) mass is 780 g/mol. The number of carbonyl (C=O) groups excluding carboxylic acids is 2. The number of amides is 2. The van der Waals surface area contributed by atoms with Gasteiger partial charge in [-0.15, -0.1) is 0 Å². The highest BCUT2D eigenvalue weighted by Gasteiger charge is 2.29. The van der Waals surface area contributed by atoms with Crippen molar-refractivity contribution in [2.24, 2.45) is 0 Å². The van der Waals surface area contributed by atoms with Crippen LogP contribution in [0, 0.1) is 0 Å². The molecule has 0 saturated carbocycles. The summed E-state index contributed by atoms with van der Waals surface area (Å²) in [6.45, 7) is 1.70. The minimum atomic E-state index is -0.687. The number of carbonyl (C=O) groups is 2. The molecule has 0 aliphatic carbocycles. The number of halogens is 2. The topological polar surface area (TPSA) is 199 Å². The summed E-state index contributed by atoms with van der Waals surface area (Å²) in [5.41, 5.74) is 6.66. The Kier molecular flexibility index (Phi) is 12.7. The Bertz CT molecular complexity index is 1830. The van der Waals surface area contributed by atoms with Gasteiger partial charge in [-0.3, -0.25) is 20.4 Å². The summed E-state index contributed by atoms with van der Waals surface area (Å²) in [6.07, 6.45) is 6.06. The Balaban J connectivity index is 1.22. The number of hydrazine groups is 1. The SMILES string of the molecule is COc1ccc(CNc2nc(N3CCC[C@H]3CO)ncc2C(=O)NNC(=O)c2cnc(N3CCC[C@H]3CO)nc2NCc2ccc(OC)c(Cl)c2)cc1Cl. The Labute approximate surface area is 322 Å². The standard InChI is InChI=1S/C36H42Cl2N10O6/c1-53-29-9-7-21(13-27(29)37)15-39-31-25(17-41-35(43-31)47-11-3-5-23(47)19-49)33(51)45-46-34(52)26-18-42-36(48-12-4-6-24(48)20-50)44-32(26)40-16-22-8-10-30(54-2)28(38)14-22/h7-10,13-14,17-18,23-24,49-50H,3-6,11-12,15-16,19-20H2,1-2H3,(H,45,51)(H,46,52)(H,39,41,43)(H,40,42,44)/t23-,24-/m0/s1. The molecule has 6 N–H and O–H groups in total. The summed E-state index contributed by atoms with van der Waals surface area (Å²) < 4.78 is 10.5. The molecule has 286 valence electrons. The number of benzene rings is 2. The highest BCUT2D eigenvalue weighted by molar-refractivity contribution is 6.32. The number of nitrogens with zero attached hydrogens (tertiary/aromatic N) is 6. The number of nitrogens with one attached hydrogen (secondary N) is 4. The number of rotatable bonds is 14. The van der Waals surface area contributed by atoms with Crippen LogP contribution in [0.2, 0.25) is 10.0 Å². The lowest BCUT2D eigenvalue weighted by Gasteiger charge is -2.24. The molecule has 54 heavy (non-hydrogen) atoms. The van der Waals surface area contributed by atoms with Gasteiger partial charge in [0.05, 0.1) is 49.6 Å². The molecule has 0 unspecified atom stereocenters. The molecule has 2 saturated heterocycles. The summed E-state index contributed by atoms with van der Waals surface area (Å²) in [6, 6.07) is 10.3. The fourth-order valence-electron chi connectivity index (χ4n) is 6.46. The smallest absolute Gasteiger partial charge is 0.275 e. The largest absolute Gasteiger partial charge is 0.495 e. The number of aliphatic hydroxyl groups is 2. The predicted octanol–water partition coefficient (Wildman–Crippen LogP) is 3.81. The van der Waals surface area contributed by atoms with E-state index in [0.717, 1.165) is 36.8 Å². The molecule has 2 aromatic carbocycles. The van der Waals surface area contributed by atoms with Crippen LogP contribution in [0.4, 0.5) is 23.5 Å². The van der Waals surface area contributed by atoms with Crippen LogP contribution in [-0.2, 0) is 13.1 Å². The minimum absolute atomic E-state index is 0.0554. The van der Waals surface area contributed by atoms with E-state index in [1.165, 1.54) is 26.6 Å². The van der Waals surface area contributed by atoms with Crippen molar-refractivity contribution in [2.45, 2.75) is 50.9 Å². The van der Waals surface area contributed by atoms with Gasteiger partial charge in [-0.25, -0.2) is 9.97 Å². The number of ether oxygens (including phenoxy) is 2. The first-order valence-corrected chi connectivity index (χ1v) is 18.2. The predicted molar refractivity (Wildman–Crippen MR) is 205 cm³/mol. The zero-order chi connectivity index (χ0) is 38.2. The van der Waals surface area contributed by atoms with E-state index in [2.05, 4.69) is 41.4 Å². The van der Waals surface area contributed by atoms with Gasteiger partial charge in [0.25, 0.3) is 11.8 Å². The summed E-state index contributed by atoms with van der Waals surface area (Å²) >= 11 is 12.7. The van der Waals surface area contributed by atoms with Crippen LogP contribution in [0.1, 0.15) is 57.5 Å². The van der Waals surface area contributed by atoms with Gasteiger partial charge in [-0.05, 0) is 61.1 Å². The summed E-state index contributed by atoms with van der Waals surface area (Å²) in [5.74, 6) is 0.808. The van der Waals surface area contributed by atoms with Crippen molar-refractivity contribution in [3.8, 4) is 11.5 Å². The van der Waals surface area contributed by atoms with Gasteiger partial charge in [-0.2, -0.15) is 9.97 Å². The van der Waals surface area contributed by atoms with Crippen molar-refractivity contribution in [1.29, 1.82) is 0 Å². The molecule has 16 nitrogen and oxygen atoms in total. The van der Waals surface area contributed by atoms with Crippen molar-refractivity contribution < 1.29 is 29.3 Å². The molecule has 2 atom stereocenters. The molecule has 2 aliphatic rings. The van der Waals surface area contributed by atoms with Crippen LogP contribution in [0.25, 0.3) is 0 Å². The minimum Gasteiger partial charge on any atom is -0.495 e. The third-order valence-electron chi connectivity index (χ3n) is 9.37. The van der Waals surface area contributed by atoms with E-state index in [-0.39, 0.29) is 61.1 Å². The van der Waals surface area contributed by atoms with Gasteiger partial charge in [0, 0.05) is 38.6 Å². The second kappa shape index (κ2) is 17.8. The Morgan fingerprint density at radius 1 is 0.741 bits per heavy atom. The third kappa shape index (κ3) is 8.79. The number of methoxy groups -OCH3 is 2. The van der Waals surface area contributed by atoms with E-state index >= 15 is 0 Å². The molecule has 6 rings (SSSR count). The van der Waals surface area contributed by atoms with Crippen LogP contribution in [0.15, 0.2) is 48.8 Å². The zero-order valence-electron chi connectivity index (χ0n) is 29.8. The molecule has 2 aliphatic heterocycles. The molecule has 0 radical (unpaired) electrons. The molecule has 2 amide bonds. The second-order valence-corrected chi connectivity index (χ2v) is 13.6. The number of aliphatic hydroxyl groups excluding tert-OH is 2. The molecular formula is C36H42Cl2N10O6. The summed E-state index contributed by atoms with van der Waals surface area (Å²) in [4.78, 5) is 49.3. The molecule has 4 heterocycles. The maximum Gasteiger partial charge on any atom is 0.275 e. The second-order valence-electron chi connectivity index (χ2n) is 12.8. The van der Waals surface area contributed by atoms with Crippen molar-refractivity contribution >= 4 is 58.5 Å². The van der Waals surface area contributed by atoms with Crippen LogP contribution >= 0.6 is 23.2 Å². The highest BCUT2D eigenvalue weighted by Crippen LogP contribution is 2.29. The zero-order valence-corrected chi connectivity index (χ0v) is 31.3. The van der Waals surface area contributed by atoms with Crippen molar-refractivity contribution in [3.63, 3.8) is 0 Å². The van der Waals surface area contributed by atoms with Crippen molar-refractivity contribution in [2.75, 3.05) is 61.0 Å². The first-order valence-electron chi connectivity index (χ1n) is 17.4. The van der Waals surface area contributed by atoms with Crippen LogP contribution in [0.3, 0.4) is 0 Å². The van der Waals surface area contributed by atoms with Gasteiger partial charge < -0.3 is 40.1 Å². The van der Waals surface area contributed by atoms with Gasteiger partial charge in [0.15, 0.2) is 0 Å². The molecule has 4 aromatic rings. The third-order valence-corrected chi connectivity index (χ3v) is 9.96. The quantitative estimate of drug-likeness (QED) is 0.101. The van der Waals surface area contributed by atoms with Crippen LogP contribution in [-0.4, -0.2) is 94.6 Å². The molecular weight excluding hydrogens is 739 g/mol. The maximum atomic E-state index is 13.6. The van der Waals surface area contributed by atoms with Crippen LogP contribution < -0.4 is 40.8 Å². The van der Waals surface area contributed by atoms with Crippen LogP contribution in [0.5, 0.6) is 11.5 Å². The lowest BCUT2D eigenvalue weighted by molar-refractivity contribution is 0.0846. The Hall–Kier alpha value is -5.16. The molecule has 0 spiro atoms. The Morgan fingerprint density at radius 3 is 1.54 bits per heavy atom. The van der Waals surface area contributed by atoms with E-state index in [1.54, 1.807) is 24.3 Å². The number of aromatic nitrogens is 4. The van der Waals surface area contributed by atoms with Crippen molar-refractivity contribution in [3.05, 3.63) is 81.1 Å². The van der Waals surface area contributed by atoms with Gasteiger partial charge in [0.2, 0.25) is 11.9 Å². The lowest BCUT2D eigenvalue weighted by Crippen LogP contribution is -2.42. The average Bonchev–Trinajstić information content (AvgIpc) is 3.88. The van der Waals surface area contributed by atoms with E-state index in [1.807, 2.05) is 21.9 Å². The van der Waals surface area contributed by atoms with E-state index < -0.39 is 11.8 Å². The fraction of sp³-hybridized carbons (Fsp3) is 0.389. The summed E-state index contributed by atoms with van der Waals surface area (Å²) in [7, 11) is 3.06.